The normalized spacial score (nSPS) is 18.2. The van der Waals surface area contributed by atoms with E-state index >= 15 is 0 Å². The first-order valence-electron chi connectivity index (χ1n) is 9.85. The largest absolute Gasteiger partial charge is 0.497 e. The highest BCUT2D eigenvalue weighted by atomic mass is 16.5. The molecule has 1 aliphatic heterocycles. The Kier molecular flexibility index (Phi) is 5.22. The fourth-order valence-electron chi connectivity index (χ4n) is 4.48. The number of carbonyl (C=O) groups excluding carboxylic acids is 1. The van der Waals surface area contributed by atoms with Crippen LogP contribution in [-0.2, 0) is 13.1 Å². The number of amides is 2. The van der Waals surface area contributed by atoms with Gasteiger partial charge in [-0.2, -0.15) is 0 Å². The van der Waals surface area contributed by atoms with Crippen LogP contribution in [0.3, 0.4) is 0 Å². The maximum Gasteiger partial charge on any atom is 0.315 e. The number of aryl methyl sites for hydroxylation is 1. The van der Waals surface area contributed by atoms with E-state index in [2.05, 4.69) is 32.7 Å². The van der Waals surface area contributed by atoms with Gasteiger partial charge in [0.2, 0.25) is 0 Å². The molecule has 0 radical (unpaired) electrons. The average molecular weight is 380 g/mol. The van der Waals surface area contributed by atoms with Crippen LogP contribution in [0, 0.1) is 12.3 Å². The molecule has 1 aliphatic carbocycles. The minimum Gasteiger partial charge on any atom is -0.497 e. The molecule has 28 heavy (non-hydrogen) atoms. The first kappa shape index (κ1) is 18.7. The molecule has 2 fully saturated rings. The lowest BCUT2D eigenvalue weighted by atomic mass is 9.60. The van der Waals surface area contributed by atoms with E-state index in [1.807, 2.05) is 37.4 Å². The summed E-state index contributed by atoms with van der Waals surface area (Å²) in [5, 5.41) is 6.04. The molecule has 1 aromatic carbocycles. The minimum atomic E-state index is -0.0842. The molecule has 2 aliphatic rings. The van der Waals surface area contributed by atoms with Crippen LogP contribution < -0.4 is 15.4 Å². The summed E-state index contributed by atoms with van der Waals surface area (Å²) < 4.78 is 5.15. The maximum absolute atomic E-state index is 12.1. The van der Waals surface area contributed by atoms with Gasteiger partial charge in [0.15, 0.2) is 0 Å². The monoisotopic (exact) mass is 380 g/mol. The van der Waals surface area contributed by atoms with E-state index in [4.69, 9.17) is 4.74 Å². The van der Waals surface area contributed by atoms with Crippen LogP contribution in [0.4, 0.5) is 4.79 Å². The standard InChI is InChI=1S/C22H28N4O2/c1-16-9-18(7-8-23-16)13-26-14-22(15-26)10-19(11-22)25-21(27)24-12-17-3-5-20(28-2)6-4-17/h3-9,19H,10-15H2,1-2H3,(H2,24,25,27). The van der Waals surface area contributed by atoms with Gasteiger partial charge in [-0.25, -0.2) is 4.79 Å². The van der Waals surface area contributed by atoms with Gasteiger partial charge < -0.3 is 15.4 Å². The number of urea groups is 1. The van der Waals surface area contributed by atoms with E-state index in [1.54, 1.807) is 7.11 Å². The van der Waals surface area contributed by atoms with Crippen molar-refractivity contribution in [1.82, 2.24) is 20.5 Å². The molecular weight excluding hydrogens is 352 g/mol. The highest BCUT2D eigenvalue weighted by Crippen LogP contribution is 2.48. The molecule has 4 rings (SSSR count). The van der Waals surface area contributed by atoms with E-state index in [0.717, 1.165) is 49.5 Å². The number of carbonyl (C=O) groups is 1. The van der Waals surface area contributed by atoms with E-state index in [9.17, 15) is 4.79 Å². The summed E-state index contributed by atoms with van der Waals surface area (Å²) >= 11 is 0. The van der Waals surface area contributed by atoms with Crippen LogP contribution in [0.2, 0.25) is 0 Å². The topological polar surface area (TPSA) is 66.5 Å². The van der Waals surface area contributed by atoms with Crippen molar-refractivity contribution in [1.29, 1.82) is 0 Å². The highest BCUT2D eigenvalue weighted by Gasteiger charge is 2.52. The maximum atomic E-state index is 12.1. The second kappa shape index (κ2) is 7.80. The summed E-state index contributed by atoms with van der Waals surface area (Å²) in [4.78, 5) is 18.9. The first-order valence-corrected chi connectivity index (χ1v) is 9.85. The number of pyridine rings is 1. The SMILES string of the molecule is COc1ccc(CNC(=O)NC2CC3(C2)CN(Cc2ccnc(C)c2)C3)cc1. The van der Waals surface area contributed by atoms with Crippen LogP contribution in [0.1, 0.15) is 29.7 Å². The van der Waals surface area contributed by atoms with Gasteiger partial charge in [-0.1, -0.05) is 12.1 Å². The molecule has 0 bridgehead atoms. The summed E-state index contributed by atoms with van der Waals surface area (Å²) in [7, 11) is 1.65. The lowest BCUT2D eigenvalue weighted by molar-refractivity contribution is -0.0803. The highest BCUT2D eigenvalue weighted by molar-refractivity contribution is 5.74. The zero-order valence-electron chi connectivity index (χ0n) is 16.6. The van der Waals surface area contributed by atoms with E-state index in [1.165, 1.54) is 5.56 Å². The average Bonchev–Trinajstić information content (AvgIpc) is 2.63. The number of rotatable bonds is 6. The third-order valence-electron chi connectivity index (χ3n) is 5.79. The Bertz CT molecular complexity index is 823. The Labute approximate surface area is 166 Å². The molecule has 148 valence electrons. The van der Waals surface area contributed by atoms with Crippen LogP contribution in [0.5, 0.6) is 5.75 Å². The number of hydrogen-bond acceptors (Lipinski definition) is 4. The summed E-state index contributed by atoms with van der Waals surface area (Å²) in [5.74, 6) is 0.821. The van der Waals surface area contributed by atoms with Gasteiger partial charge in [0, 0.05) is 44.1 Å². The zero-order valence-corrected chi connectivity index (χ0v) is 16.6. The number of aromatic nitrogens is 1. The van der Waals surface area contributed by atoms with Gasteiger partial charge in [-0.05, 0) is 60.6 Å². The number of ether oxygens (including phenoxy) is 1. The zero-order chi connectivity index (χ0) is 19.6. The fourth-order valence-corrected chi connectivity index (χ4v) is 4.48. The van der Waals surface area contributed by atoms with Crippen LogP contribution >= 0.6 is 0 Å². The van der Waals surface area contributed by atoms with Crippen molar-refractivity contribution in [2.75, 3.05) is 20.2 Å². The molecule has 6 nitrogen and oxygen atoms in total. The number of hydrogen-bond donors (Lipinski definition) is 2. The molecule has 1 spiro atoms. The lowest BCUT2D eigenvalue weighted by Crippen LogP contribution is -2.66. The van der Waals surface area contributed by atoms with Gasteiger partial charge >= 0.3 is 6.03 Å². The van der Waals surface area contributed by atoms with E-state index in [0.29, 0.717) is 18.0 Å². The van der Waals surface area contributed by atoms with Crippen molar-refractivity contribution in [2.45, 2.75) is 38.9 Å². The molecule has 2 N–H and O–H groups in total. The van der Waals surface area contributed by atoms with E-state index in [-0.39, 0.29) is 6.03 Å². The Morgan fingerprint density at radius 3 is 2.64 bits per heavy atom. The number of nitrogens with one attached hydrogen (secondary N) is 2. The van der Waals surface area contributed by atoms with Gasteiger partial charge in [0.25, 0.3) is 0 Å². The van der Waals surface area contributed by atoms with Crippen molar-refractivity contribution >= 4 is 6.03 Å². The number of nitrogens with zero attached hydrogens (tertiary/aromatic N) is 2. The number of likely N-dealkylation sites (tertiary alicyclic amines) is 1. The Balaban J connectivity index is 1.14. The molecule has 1 saturated heterocycles. The quantitative estimate of drug-likeness (QED) is 0.809. The third kappa shape index (κ3) is 4.28. The van der Waals surface area contributed by atoms with Crippen molar-refractivity contribution in [3.05, 3.63) is 59.4 Å². The van der Waals surface area contributed by atoms with Crippen molar-refractivity contribution in [2.24, 2.45) is 5.41 Å². The molecule has 0 unspecified atom stereocenters. The Morgan fingerprint density at radius 1 is 1.21 bits per heavy atom. The van der Waals surface area contributed by atoms with E-state index < -0.39 is 0 Å². The molecule has 1 saturated carbocycles. The second-order valence-corrected chi connectivity index (χ2v) is 8.23. The summed E-state index contributed by atoms with van der Waals surface area (Å²) in [6.07, 6.45) is 4.04. The van der Waals surface area contributed by atoms with Crippen LogP contribution in [-0.4, -0.2) is 42.2 Å². The van der Waals surface area contributed by atoms with Gasteiger partial charge in [0.05, 0.1) is 7.11 Å². The summed E-state index contributed by atoms with van der Waals surface area (Å²) in [5.41, 5.74) is 3.87. The molecule has 6 heteroatoms. The second-order valence-electron chi connectivity index (χ2n) is 8.23. The third-order valence-corrected chi connectivity index (χ3v) is 5.79. The number of benzene rings is 1. The Hall–Kier alpha value is -2.60. The molecule has 1 aromatic heterocycles. The molecule has 2 heterocycles. The van der Waals surface area contributed by atoms with Crippen LogP contribution in [0.25, 0.3) is 0 Å². The van der Waals surface area contributed by atoms with Crippen molar-refractivity contribution in [3.63, 3.8) is 0 Å². The smallest absolute Gasteiger partial charge is 0.315 e. The van der Waals surface area contributed by atoms with Crippen LogP contribution in [0.15, 0.2) is 42.6 Å². The predicted molar refractivity (Wildman–Crippen MR) is 108 cm³/mol. The molecule has 2 aromatic rings. The fraction of sp³-hybridized carbons (Fsp3) is 0.455. The van der Waals surface area contributed by atoms with Gasteiger partial charge in [-0.3, -0.25) is 9.88 Å². The minimum absolute atomic E-state index is 0.0842. The molecular formula is C22H28N4O2. The van der Waals surface area contributed by atoms with Crippen molar-refractivity contribution < 1.29 is 9.53 Å². The molecule has 0 atom stereocenters. The van der Waals surface area contributed by atoms with Crippen molar-refractivity contribution in [3.8, 4) is 5.75 Å². The first-order chi connectivity index (χ1) is 13.5. The number of methoxy groups -OCH3 is 1. The molecule has 2 amide bonds. The lowest BCUT2D eigenvalue weighted by Gasteiger charge is -2.59. The van der Waals surface area contributed by atoms with Gasteiger partial charge in [-0.15, -0.1) is 0 Å². The van der Waals surface area contributed by atoms with Gasteiger partial charge in [0.1, 0.15) is 5.75 Å². The summed E-state index contributed by atoms with van der Waals surface area (Å²) in [6.45, 7) is 5.79. The predicted octanol–water partition coefficient (Wildman–Crippen LogP) is 2.86. The Morgan fingerprint density at radius 2 is 1.96 bits per heavy atom. The summed E-state index contributed by atoms with van der Waals surface area (Å²) in [6, 6.07) is 12.2.